The van der Waals surface area contributed by atoms with Gasteiger partial charge in [0.05, 0.1) is 6.54 Å². The molecule has 4 nitrogen and oxygen atoms in total. The van der Waals surface area contributed by atoms with Crippen LogP contribution in [0.5, 0.6) is 0 Å². The number of aliphatic hydroxyl groups is 1. The number of amides is 1. The van der Waals surface area contributed by atoms with E-state index in [2.05, 4.69) is 17.6 Å². The smallest absolute Gasteiger partial charge is 0.233 e. The fourth-order valence-corrected chi connectivity index (χ4v) is 1.04. The summed E-state index contributed by atoms with van der Waals surface area (Å²) < 4.78 is 0. The third-order valence-electron chi connectivity index (χ3n) is 2.17. The van der Waals surface area contributed by atoms with Crippen molar-refractivity contribution in [2.45, 2.75) is 33.6 Å². The van der Waals surface area contributed by atoms with Gasteiger partial charge in [0.1, 0.15) is 0 Å². The molecule has 0 aliphatic rings. The number of unbranched alkanes of at least 4 members (excludes halogenated alkanes) is 1. The lowest BCUT2D eigenvalue weighted by atomic mass is 9.95. The predicted octanol–water partition coefficient (Wildman–Crippen LogP) is 0.511. The van der Waals surface area contributed by atoms with E-state index in [0.717, 1.165) is 19.4 Å². The van der Waals surface area contributed by atoms with Crippen molar-refractivity contribution < 1.29 is 9.90 Å². The van der Waals surface area contributed by atoms with Crippen LogP contribution in [0.15, 0.2) is 0 Å². The van der Waals surface area contributed by atoms with E-state index in [0.29, 0.717) is 13.1 Å². The third kappa shape index (κ3) is 8.39. The first-order valence-corrected chi connectivity index (χ1v) is 5.60. The Morgan fingerprint density at radius 1 is 1.40 bits per heavy atom. The molecule has 0 fully saturated rings. The van der Waals surface area contributed by atoms with Crippen LogP contribution in [-0.4, -0.2) is 37.3 Å². The van der Waals surface area contributed by atoms with Crippen molar-refractivity contribution in [2.24, 2.45) is 5.41 Å². The Labute approximate surface area is 92.4 Å². The van der Waals surface area contributed by atoms with Crippen molar-refractivity contribution in [3.05, 3.63) is 0 Å². The minimum Gasteiger partial charge on any atom is -0.396 e. The zero-order valence-corrected chi connectivity index (χ0v) is 10.1. The molecule has 0 aromatic rings. The Balaban J connectivity index is 3.46. The number of rotatable bonds is 8. The molecule has 0 saturated carbocycles. The van der Waals surface area contributed by atoms with E-state index in [-0.39, 0.29) is 17.9 Å². The number of carbonyl (C=O) groups is 1. The first kappa shape index (κ1) is 14.4. The van der Waals surface area contributed by atoms with Crippen molar-refractivity contribution in [3.63, 3.8) is 0 Å². The van der Waals surface area contributed by atoms with E-state index in [4.69, 9.17) is 5.11 Å². The maximum Gasteiger partial charge on any atom is 0.233 e. The number of hydrogen-bond acceptors (Lipinski definition) is 3. The van der Waals surface area contributed by atoms with Gasteiger partial charge in [0.2, 0.25) is 5.91 Å². The van der Waals surface area contributed by atoms with E-state index < -0.39 is 0 Å². The highest BCUT2D eigenvalue weighted by molar-refractivity contribution is 5.77. The monoisotopic (exact) mass is 216 g/mol. The number of hydrogen-bond donors (Lipinski definition) is 3. The van der Waals surface area contributed by atoms with Gasteiger partial charge in [0, 0.05) is 25.1 Å². The van der Waals surface area contributed by atoms with E-state index in [9.17, 15) is 4.79 Å². The number of aliphatic hydroxyl groups excluding tert-OH is 1. The summed E-state index contributed by atoms with van der Waals surface area (Å²) in [6.45, 7) is 7.84. The van der Waals surface area contributed by atoms with Gasteiger partial charge in [-0.3, -0.25) is 4.79 Å². The van der Waals surface area contributed by atoms with Gasteiger partial charge in [-0.15, -0.1) is 0 Å². The Morgan fingerprint density at radius 3 is 2.60 bits per heavy atom. The summed E-state index contributed by atoms with van der Waals surface area (Å²) in [4.78, 5) is 11.3. The van der Waals surface area contributed by atoms with Crippen LogP contribution in [0.1, 0.15) is 33.6 Å². The van der Waals surface area contributed by atoms with Gasteiger partial charge in [-0.05, 0) is 6.42 Å². The summed E-state index contributed by atoms with van der Waals surface area (Å²) in [6.07, 6.45) is 2.11. The molecule has 0 heterocycles. The van der Waals surface area contributed by atoms with Gasteiger partial charge in [0.15, 0.2) is 0 Å². The zero-order chi connectivity index (χ0) is 11.7. The van der Waals surface area contributed by atoms with Crippen LogP contribution < -0.4 is 10.6 Å². The van der Waals surface area contributed by atoms with Gasteiger partial charge in [-0.25, -0.2) is 0 Å². The third-order valence-corrected chi connectivity index (χ3v) is 2.17. The van der Waals surface area contributed by atoms with Gasteiger partial charge in [-0.1, -0.05) is 27.2 Å². The Hall–Kier alpha value is -0.610. The summed E-state index contributed by atoms with van der Waals surface area (Å²) in [5.74, 6) is 0.0252. The summed E-state index contributed by atoms with van der Waals surface area (Å²) >= 11 is 0. The van der Waals surface area contributed by atoms with Gasteiger partial charge < -0.3 is 15.7 Å². The molecule has 3 N–H and O–H groups in total. The zero-order valence-electron chi connectivity index (χ0n) is 10.1. The van der Waals surface area contributed by atoms with Crippen LogP contribution in [0.4, 0.5) is 0 Å². The molecule has 0 unspecified atom stereocenters. The van der Waals surface area contributed by atoms with E-state index in [1.807, 2.05) is 13.8 Å². The summed E-state index contributed by atoms with van der Waals surface area (Å²) in [6, 6.07) is 0. The average molecular weight is 216 g/mol. The molecule has 0 rings (SSSR count). The van der Waals surface area contributed by atoms with Crippen LogP contribution >= 0.6 is 0 Å². The fourth-order valence-electron chi connectivity index (χ4n) is 1.04. The minimum absolute atomic E-state index is 0.0252. The lowest BCUT2D eigenvalue weighted by Gasteiger charge is -2.21. The fraction of sp³-hybridized carbons (Fsp3) is 0.909. The van der Waals surface area contributed by atoms with E-state index >= 15 is 0 Å². The van der Waals surface area contributed by atoms with E-state index in [1.54, 1.807) is 0 Å². The molecule has 0 bridgehead atoms. The topological polar surface area (TPSA) is 61.4 Å². The quantitative estimate of drug-likeness (QED) is 0.518. The summed E-state index contributed by atoms with van der Waals surface area (Å²) in [7, 11) is 0. The van der Waals surface area contributed by atoms with Crippen molar-refractivity contribution in [2.75, 3.05) is 26.2 Å². The van der Waals surface area contributed by atoms with Crippen molar-refractivity contribution in [1.82, 2.24) is 10.6 Å². The number of carbonyl (C=O) groups excluding carboxylic acids is 1. The minimum atomic E-state index is -0.163. The second kappa shape index (κ2) is 7.65. The second-order valence-electron chi connectivity index (χ2n) is 4.63. The normalized spacial score (nSPS) is 11.5. The molecule has 0 aromatic heterocycles. The molecule has 4 heteroatoms. The lowest BCUT2D eigenvalue weighted by molar-refractivity contribution is -0.120. The standard InChI is InChI=1S/C11H24N2O2/c1-4-5-6-13-10(15)7-12-8-11(2,3)9-14/h12,14H,4-9H2,1-3H3,(H,13,15). The Kier molecular flexibility index (Phi) is 7.34. The molecule has 1 amide bonds. The van der Waals surface area contributed by atoms with Crippen LogP contribution in [0.25, 0.3) is 0 Å². The molecular weight excluding hydrogens is 192 g/mol. The number of nitrogens with one attached hydrogen (secondary N) is 2. The lowest BCUT2D eigenvalue weighted by Crippen LogP contribution is -2.39. The van der Waals surface area contributed by atoms with Gasteiger partial charge in [0.25, 0.3) is 0 Å². The first-order valence-electron chi connectivity index (χ1n) is 5.60. The molecule has 90 valence electrons. The maximum absolute atomic E-state index is 11.3. The molecule has 0 saturated heterocycles. The van der Waals surface area contributed by atoms with E-state index in [1.165, 1.54) is 0 Å². The highest BCUT2D eigenvalue weighted by atomic mass is 16.3. The molecular formula is C11H24N2O2. The predicted molar refractivity (Wildman–Crippen MR) is 61.7 cm³/mol. The highest BCUT2D eigenvalue weighted by Gasteiger charge is 2.15. The average Bonchev–Trinajstić information content (AvgIpc) is 2.18. The van der Waals surface area contributed by atoms with Crippen LogP contribution in [0, 0.1) is 5.41 Å². The van der Waals surface area contributed by atoms with Gasteiger partial charge >= 0.3 is 0 Å². The molecule has 0 atom stereocenters. The molecule has 0 aliphatic carbocycles. The maximum atomic E-state index is 11.3. The van der Waals surface area contributed by atoms with Crippen molar-refractivity contribution in [3.8, 4) is 0 Å². The SMILES string of the molecule is CCCCNC(=O)CNCC(C)(C)CO. The van der Waals surface area contributed by atoms with Crippen LogP contribution in [0.3, 0.4) is 0 Å². The molecule has 0 radical (unpaired) electrons. The molecule has 0 aromatic carbocycles. The largest absolute Gasteiger partial charge is 0.396 e. The van der Waals surface area contributed by atoms with Crippen molar-refractivity contribution >= 4 is 5.91 Å². The molecule has 15 heavy (non-hydrogen) atoms. The highest BCUT2D eigenvalue weighted by Crippen LogP contribution is 2.10. The summed E-state index contributed by atoms with van der Waals surface area (Å²) in [5.41, 5.74) is -0.163. The molecule has 0 spiro atoms. The Bertz CT molecular complexity index is 181. The van der Waals surface area contributed by atoms with Crippen molar-refractivity contribution in [1.29, 1.82) is 0 Å². The van der Waals surface area contributed by atoms with Crippen LogP contribution in [-0.2, 0) is 4.79 Å². The first-order chi connectivity index (χ1) is 7.02. The van der Waals surface area contributed by atoms with Crippen LogP contribution in [0.2, 0.25) is 0 Å². The summed E-state index contributed by atoms with van der Waals surface area (Å²) in [5, 5.41) is 14.8. The second-order valence-corrected chi connectivity index (χ2v) is 4.63. The molecule has 0 aliphatic heterocycles. The Morgan fingerprint density at radius 2 is 2.07 bits per heavy atom. The van der Waals surface area contributed by atoms with Gasteiger partial charge in [-0.2, -0.15) is 0 Å².